The van der Waals surface area contributed by atoms with Crippen LogP contribution in [0.25, 0.3) is 0 Å². The number of hydrogen-bond donors (Lipinski definition) is 1. The monoisotopic (exact) mass is 152 g/mol. The van der Waals surface area contributed by atoms with Crippen molar-refractivity contribution in [1.29, 1.82) is 0 Å². The van der Waals surface area contributed by atoms with Crippen molar-refractivity contribution in [3.63, 3.8) is 0 Å². The molecule has 1 nitrogen and oxygen atoms in total. The number of halogens is 1. The Morgan fingerprint density at radius 3 is 2.82 bits per heavy atom. The van der Waals surface area contributed by atoms with Crippen LogP contribution in [0.5, 0.6) is 0 Å². The van der Waals surface area contributed by atoms with Crippen LogP contribution >= 0.6 is 0 Å². The van der Waals surface area contributed by atoms with Crippen LogP contribution in [0.2, 0.25) is 0 Å². The fourth-order valence-corrected chi connectivity index (χ4v) is 1.56. The molecular formula is C9H9FO. The van der Waals surface area contributed by atoms with Crippen LogP contribution in [0.15, 0.2) is 18.2 Å². The molecule has 1 aliphatic carbocycles. The van der Waals surface area contributed by atoms with Gasteiger partial charge >= 0.3 is 0 Å². The lowest BCUT2D eigenvalue weighted by Crippen LogP contribution is -2.03. The number of rotatable bonds is 0. The quantitative estimate of drug-likeness (QED) is 0.593. The molecule has 0 aromatic heterocycles. The van der Waals surface area contributed by atoms with E-state index < -0.39 is 0 Å². The summed E-state index contributed by atoms with van der Waals surface area (Å²) in [5.74, 6) is -0.210. The first kappa shape index (κ1) is 6.80. The predicted molar refractivity (Wildman–Crippen MR) is 39.8 cm³/mol. The second-order valence-electron chi connectivity index (χ2n) is 2.98. The average molecular weight is 152 g/mol. The van der Waals surface area contributed by atoms with Gasteiger partial charge in [-0.05, 0) is 36.1 Å². The molecule has 0 spiro atoms. The molecule has 1 aromatic rings. The third-order valence-electron chi connectivity index (χ3n) is 2.08. The molecule has 0 radical (unpaired) electrons. The Kier molecular flexibility index (Phi) is 1.43. The molecule has 2 heteroatoms. The number of hydrogen-bond acceptors (Lipinski definition) is 1. The number of aliphatic hydroxyl groups excluding tert-OH is 1. The van der Waals surface area contributed by atoms with Crippen molar-refractivity contribution < 1.29 is 9.50 Å². The van der Waals surface area contributed by atoms with Crippen LogP contribution in [-0.4, -0.2) is 11.2 Å². The predicted octanol–water partition coefficient (Wildman–Crippen LogP) is 1.29. The summed E-state index contributed by atoms with van der Waals surface area (Å²) in [6, 6.07) is 4.70. The maximum absolute atomic E-state index is 12.6. The molecular weight excluding hydrogens is 143 g/mol. The Morgan fingerprint density at radius 1 is 1.27 bits per heavy atom. The van der Waals surface area contributed by atoms with Gasteiger partial charge in [0.2, 0.25) is 0 Å². The summed E-state index contributed by atoms with van der Waals surface area (Å²) in [6.07, 6.45) is 0.981. The minimum atomic E-state index is -0.299. The van der Waals surface area contributed by atoms with E-state index in [1.165, 1.54) is 12.1 Å². The van der Waals surface area contributed by atoms with Crippen LogP contribution < -0.4 is 0 Å². The SMILES string of the molecule is O[C@@H]1Cc2ccc(F)cc2C1. The fourth-order valence-electron chi connectivity index (χ4n) is 1.56. The molecule has 1 aliphatic rings. The summed E-state index contributed by atoms with van der Waals surface area (Å²) in [6.45, 7) is 0. The minimum Gasteiger partial charge on any atom is -0.392 e. The van der Waals surface area contributed by atoms with Gasteiger partial charge in [0.1, 0.15) is 5.82 Å². The molecule has 0 bridgehead atoms. The molecule has 1 aromatic carbocycles. The zero-order valence-corrected chi connectivity index (χ0v) is 6.05. The zero-order valence-electron chi connectivity index (χ0n) is 6.05. The molecule has 0 aliphatic heterocycles. The van der Waals surface area contributed by atoms with Gasteiger partial charge in [-0.3, -0.25) is 0 Å². The average Bonchev–Trinajstić information content (AvgIpc) is 2.27. The third kappa shape index (κ3) is 1.14. The summed E-state index contributed by atoms with van der Waals surface area (Å²) >= 11 is 0. The summed E-state index contributed by atoms with van der Waals surface area (Å²) in [4.78, 5) is 0. The summed E-state index contributed by atoms with van der Waals surface area (Å²) in [7, 11) is 0. The molecule has 11 heavy (non-hydrogen) atoms. The highest BCUT2D eigenvalue weighted by atomic mass is 19.1. The molecule has 58 valence electrons. The van der Waals surface area contributed by atoms with Gasteiger partial charge < -0.3 is 5.11 Å². The van der Waals surface area contributed by atoms with Crippen LogP contribution in [0.3, 0.4) is 0 Å². The normalized spacial score (nSPS) is 21.8. The third-order valence-corrected chi connectivity index (χ3v) is 2.08. The first-order chi connectivity index (χ1) is 5.25. The first-order valence-corrected chi connectivity index (χ1v) is 3.71. The van der Waals surface area contributed by atoms with Crippen molar-refractivity contribution in [1.82, 2.24) is 0 Å². The molecule has 0 saturated heterocycles. The highest BCUT2D eigenvalue weighted by molar-refractivity contribution is 5.33. The van der Waals surface area contributed by atoms with Crippen molar-refractivity contribution in [2.75, 3.05) is 0 Å². The Morgan fingerprint density at radius 2 is 2.00 bits per heavy atom. The van der Waals surface area contributed by atoms with E-state index in [4.69, 9.17) is 0 Å². The second-order valence-corrected chi connectivity index (χ2v) is 2.98. The van der Waals surface area contributed by atoms with Crippen LogP contribution in [0.4, 0.5) is 4.39 Å². The maximum Gasteiger partial charge on any atom is 0.123 e. The van der Waals surface area contributed by atoms with Gasteiger partial charge in [-0.2, -0.15) is 0 Å². The Bertz CT molecular complexity index is 283. The van der Waals surface area contributed by atoms with E-state index in [9.17, 15) is 9.50 Å². The van der Waals surface area contributed by atoms with E-state index in [1.54, 1.807) is 6.07 Å². The molecule has 0 fully saturated rings. The molecule has 2 rings (SSSR count). The van der Waals surface area contributed by atoms with Crippen LogP contribution in [0.1, 0.15) is 11.1 Å². The minimum absolute atomic E-state index is 0.210. The van der Waals surface area contributed by atoms with Crippen molar-refractivity contribution in [3.05, 3.63) is 35.1 Å². The van der Waals surface area contributed by atoms with E-state index in [2.05, 4.69) is 0 Å². The van der Waals surface area contributed by atoms with Crippen LogP contribution in [-0.2, 0) is 12.8 Å². The lowest BCUT2D eigenvalue weighted by atomic mass is 10.1. The number of fused-ring (bicyclic) bond motifs is 1. The van der Waals surface area contributed by atoms with E-state index in [0.29, 0.717) is 12.8 Å². The van der Waals surface area contributed by atoms with Gasteiger partial charge in [0.25, 0.3) is 0 Å². The van der Waals surface area contributed by atoms with E-state index in [1.807, 2.05) is 0 Å². The highest BCUT2D eigenvalue weighted by Gasteiger charge is 2.18. The summed E-state index contributed by atoms with van der Waals surface area (Å²) in [5.41, 5.74) is 2.04. The van der Waals surface area contributed by atoms with Crippen molar-refractivity contribution in [2.24, 2.45) is 0 Å². The Hall–Kier alpha value is -0.890. The number of benzene rings is 1. The maximum atomic E-state index is 12.6. The van der Waals surface area contributed by atoms with Crippen molar-refractivity contribution >= 4 is 0 Å². The molecule has 1 atom stereocenters. The topological polar surface area (TPSA) is 20.2 Å². The van der Waals surface area contributed by atoms with Gasteiger partial charge in [0, 0.05) is 0 Å². The Balaban J connectivity index is 2.43. The van der Waals surface area contributed by atoms with Crippen LogP contribution in [0, 0.1) is 5.82 Å². The molecule has 0 amide bonds. The molecule has 0 saturated carbocycles. The highest BCUT2D eigenvalue weighted by Crippen LogP contribution is 2.22. The standard InChI is InChI=1S/C9H9FO/c10-8-2-1-6-4-9(11)5-7(6)3-8/h1-3,9,11H,4-5H2/t9-/m1/s1. The van der Waals surface area contributed by atoms with Gasteiger partial charge in [-0.1, -0.05) is 6.07 Å². The summed E-state index contributed by atoms with van der Waals surface area (Å²) < 4.78 is 12.6. The zero-order chi connectivity index (χ0) is 7.84. The van der Waals surface area contributed by atoms with E-state index in [-0.39, 0.29) is 11.9 Å². The largest absolute Gasteiger partial charge is 0.392 e. The molecule has 1 N–H and O–H groups in total. The van der Waals surface area contributed by atoms with Gasteiger partial charge in [-0.15, -0.1) is 0 Å². The molecule has 0 unspecified atom stereocenters. The Labute approximate surface area is 64.5 Å². The lowest BCUT2D eigenvalue weighted by molar-refractivity contribution is 0.187. The van der Waals surface area contributed by atoms with Crippen molar-refractivity contribution in [2.45, 2.75) is 18.9 Å². The number of aliphatic hydroxyl groups is 1. The summed E-state index contributed by atoms with van der Waals surface area (Å²) in [5, 5.41) is 9.22. The van der Waals surface area contributed by atoms with Crippen molar-refractivity contribution in [3.8, 4) is 0 Å². The fraction of sp³-hybridized carbons (Fsp3) is 0.333. The molecule has 0 heterocycles. The second kappa shape index (κ2) is 2.31. The smallest absolute Gasteiger partial charge is 0.123 e. The first-order valence-electron chi connectivity index (χ1n) is 3.71. The van der Waals surface area contributed by atoms with E-state index >= 15 is 0 Å². The lowest BCUT2D eigenvalue weighted by Gasteiger charge is -1.95. The van der Waals surface area contributed by atoms with E-state index in [0.717, 1.165) is 11.1 Å². The van der Waals surface area contributed by atoms with Gasteiger partial charge in [0.15, 0.2) is 0 Å². The van der Waals surface area contributed by atoms with Gasteiger partial charge in [0.05, 0.1) is 6.10 Å². The van der Waals surface area contributed by atoms with Gasteiger partial charge in [-0.25, -0.2) is 4.39 Å².